The standard InChI is InChI=1S/C25H24N2O5/c1-3-13-31-19-6-4-5-18(14-19)23(28)21-22(20-8-7-16(2)32-20)27(25(30)24(21)29)15-17-9-11-26-12-10-17/h4-12,14,22,28H,3,13,15H2,1-2H3. The summed E-state index contributed by atoms with van der Waals surface area (Å²) in [5.41, 5.74) is 1.20. The van der Waals surface area contributed by atoms with Gasteiger partial charge in [0.25, 0.3) is 11.7 Å². The lowest BCUT2D eigenvalue weighted by atomic mass is 9.99. The molecule has 1 amide bonds. The van der Waals surface area contributed by atoms with E-state index >= 15 is 0 Å². The number of carbonyl (C=O) groups excluding carboxylic acids is 2. The molecular weight excluding hydrogens is 408 g/mol. The first-order valence-corrected chi connectivity index (χ1v) is 10.5. The van der Waals surface area contributed by atoms with E-state index in [0.29, 0.717) is 29.4 Å². The molecule has 7 heteroatoms. The Labute approximate surface area is 186 Å². The molecule has 164 valence electrons. The SMILES string of the molecule is CCCOc1cccc(C(O)=C2C(=O)C(=O)N(Cc3ccncc3)C2c2ccc(C)o2)c1. The summed E-state index contributed by atoms with van der Waals surface area (Å²) in [6.07, 6.45) is 4.09. The summed E-state index contributed by atoms with van der Waals surface area (Å²) < 4.78 is 11.4. The fourth-order valence-electron chi connectivity index (χ4n) is 3.73. The van der Waals surface area contributed by atoms with Crippen LogP contribution in [0.3, 0.4) is 0 Å². The number of aryl methyl sites for hydroxylation is 1. The topological polar surface area (TPSA) is 92.9 Å². The van der Waals surface area contributed by atoms with Crippen molar-refractivity contribution in [3.8, 4) is 5.75 Å². The highest BCUT2D eigenvalue weighted by Crippen LogP contribution is 2.41. The lowest BCUT2D eigenvalue weighted by molar-refractivity contribution is -0.140. The van der Waals surface area contributed by atoms with Crippen LogP contribution in [0.25, 0.3) is 5.76 Å². The van der Waals surface area contributed by atoms with Crippen molar-refractivity contribution in [2.24, 2.45) is 0 Å². The summed E-state index contributed by atoms with van der Waals surface area (Å²) in [7, 11) is 0. The van der Waals surface area contributed by atoms with E-state index in [0.717, 1.165) is 12.0 Å². The quantitative estimate of drug-likeness (QED) is 0.338. The van der Waals surface area contributed by atoms with Crippen molar-refractivity contribution >= 4 is 17.4 Å². The molecule has 2 aromatic heterocycles. The van der Waals surface area contributed by atoms with Gasteiger partial charge >= 0.3 is 0 Å². The Morgan fingerprint density at radius 1 is 1.16 bits per heavy atom. The molecule has 1 atom stereocenters. The van der Waals surface area contributed by atoms with Gasteiger partial charge in [-0.05, 0) is 55.3 Å². The van der Waals surface area contributed by atoms with Crippen molar-refractivity contribution in [3.05, 3.63) is 89.1 Å². The van der Waals surface area contributed by atoms with Crippen LogP contribution in [0.4, 0.5) is 0 Å². The fourth-order valence-corrected chi connectivity index (χ4v) is 3.73. The summed E-state index contributed by atoms with van der Waals surface area (Å²) in [6, 6.07) is 13.0. The Kier molecular flexibility index (Phi) is 6.07. The van der Waals surface area contributed by atoms with Gasteiger partial charge in [0.1, 0.15) is 29.1 Å². The summed E-state index contributed by atoms with van der Waals surface area (Å²) in [5, 5.41) is 11.2. The molecule has 1 N–H and O–H groups in total. The van der Waals surface area contributed by atoms with Gasteiger partial charge in [-0.25, -0.2) is 0 Å². The van der Waals surface area contributed by atoms with Gasteiger partial charge in [-0.2, -0.15) is 0 Å². The first kappa shape index (κ1) is 21.4. The molecule has 0 aliphatic carbocycles. The Morgan fingerprint density at radius 2 is 1.94 bits per heavy atom. The number of aliphatic hydroxyl groups excluding tert-OH is 1. The third-order valence-corrected chi connectivity index (χ3v) is 5.25. The number of rotatable bonds is 7. The lowest BCUT2D eigenvalue weighted by Crippen LogP contribution is -2.29. The molecule has 3 heterocycles. The van der Waals surface area contributed by atoms with E-state index in [2.05, 4.69) is 4.98 Å². The monoisotopic (exact) mass is 432 g/mol. The van der Waals surface area contributed by atoms with Crippen LogP contribution < -0.4 is 4.74 Å². The van der Waals surface area contributed by atoms with Crippen LogP contribution >= 0.6 is 0 Å². The van der Waals surface area contributed by atoms with E-state index in [9.17, 15) is 14.7 Å². The molecule has 0 spiro atoms. The number of hydrogen-bond donors (Lipinski definition) is 1. The molecule has 0 saturated carbocycles. The number of Topliss-reactive ketones (excluding diaryl/α,β-unsaturated/α-hetero) is 1. The highest BCUT2D eigenvalue weighted by atomic mass is 16.5. The zero-order chi connectivity index (χ0) is 22.7. The molecule has 7 nitrogen and oxygen atoms in total. The Morgan fingerprint density at radius 3 is 2.62 bits per heavy atom. The van der Waals surface area contributed by atoms with Crippen molar-refractivity contribution in [2.75, 3.05) is 6.61 Å². The zero-order valence-corrected chi connectivity index (χ0v) is 17.9. The molecule has 3 aromatic rings. The second kappa shape index (κ2) is 9.09. The number of ketones is 1. The van der Waals surface area contributed by atoms with E-state index in [1.807, 2.05) is 6.92 Å². The van der Waals surface area contributed by atoms with Gasteiger partial charge in [0.05, 0.1) is 12.2 Å². The first-order valence-electron chi connectivity index (χ1n) is 10.5. The van der Waals surface area contributed by atoms with Gasteiger partial charge in [0.2, 0.25) is 0 Å². The Bertz CT molecular complexity index is 1170. The minimum absolute atomic E-state index is 0.00829. The number of furan rings is 1. The van der Waals surface area contributed by atoms with Gasteiger partial charge in [0.15, 0.2) is 0 Å². The molecule has 1 aliphatic rings. The lowest BCUT2D eigenvalue weighted by Gasteiger charge is -2.23. The number of aromatic nitrogens is 1. The maximum absolute atomic E-state index is 13.1. The number of pyridine rings is 1. The Balaban J connectivity index is 1.80. The van der Waals surface area contributed by atoms with Gasteiger partial charge in [-0.15, -0.1) is 0 Å². The van der Waals surface area contributed by atoms with Crippen LogP contribution in [0.5, 0.6) is 5.75 Å². The van der Waals surface area contributed by atoms with E-state index in [-0.39, 0.29) is 17.9 Å². The second-order valence-corrected chi connectivity index (χ2v) is 7.61. The molecule has 1 fully saturated rings. The third kappa shape index (κ3) is 4.14. The zero-order valence-electron chi connectivity index (χ0n) is 17.9. The summed E-state index contributed by atoms with van der Waals surface area (Å²) >= 11 is 0. The molecule has 1 aromatic carbocycles. The molecule has 0 bridgehead atoms. The highest BCUT2D eigenvalue weighted by molar-refractivity contribution is 6.46. The third-order valence-electron chi connectivity index (χ3n) is 5.25. The summed E-state index contributed by atoms with van der Waals surface area (Å²) in [6.45, 7) is 4.49. The number of aliphatic hydroxyl groups is 1. The van der Waals surface area contributed by atoms with E-state index < -0.39 is 17.7 Å². The van der Waals surface area contributed by atoms with Crippen molar-refractivity contribution in [3.63, 3.8) is 0 Å². The van der Waals surface area contributed by atoms with E-state index in [4.69, 9.17) is 9.15 Å². The Hall–Kier alpha value is -3.87. The highest BCUT2D eigenvalue weighted by Gasteiger charge is 2.47. The predicted octanol–water partition coefficient (Wildman–Crippen LogP) is 4.39. The van der Waals surface area contributed by atoms with Gasteiger partial charge in [-0.3, -0.25) is 14.6 Å². The molecule has 1 saturated heterocycles. The number of nitrogens with zero attached hydrogens (tertiary/aromatic N) is 2. The van der Waals surface area contributed by atoms with Crippen LogP contribution in [-0.2, 0) is 16.1 Å². The van der Waals surface area contributed by atoms with Gasteiger partial charge in [0, 0.05) is 24.5 Å². The largest absolute Gasteiger partial charge is 0.507 e. The number of carbonyl (C=O) groups is 2. The smallest absolute Gasteiger partial charge is 0.296 e. The van der Waals surface area contributed by atoms with Crippen LogP contribution in [0.1, 0.15) is 42.0 Å². The number of likely N-dealkylation sites (tertiary alicyclic amines) is 1. The van der Waals surface area contributed by atoms with Crippen LogP contribution in [-0.4, -0.2) is 33.3 Å². The molecule has 32 heavy (non-hydrogen) atoms. The molecule has 1 aliphatic heterocycles. The summed E-state index contributed by atoms with van der Waals surface area (Å²) in [4.78, 5) is 31.5. The first-order chi connectivity index (χ1) is 15.5. The van der Waals surface area contributed by atoms with Crippen LogP contribution in [0.2, 0.25) is 0 Å². The number of amides is 1. The number of ether oxygens (including phenoxy) is 1. The fraction of sp³-hybridized carbons (Fsp3) is 0.240. The van der Waals surface area contributed by atoms with E-state index in [1.165, 1.54) is 4.90 Å². The predicted molar refractivity (Wildman–Crippen MR) is 118 cm³/mol. The van der Waals surface area contributed by atoms with Crippen LogP contribution in [0, 0.1) is 6.92 Å². The van der Waals surface area contributed by atoms with Crippen molar-refractivity contribution < 1.29 is 23.8 Å². The maximum Gasteiger partial charge on any atom is 0.296 e. The molecule has 4 rings (SSSR count). The van der Waals surface area contributed by atoms with Crippen LogP contribution in [0.15, 0.2) is 70.9 Å². The number of benzene rings is 1. The molecule has 1 unspecified atom stereocenters. The average Bonchev–Trinajstić information content (AvgIpc) is 3.34. The molecular formula is C25H24N2O5. The van der Waals surface area contributed by atoms with Crippen molar-refractivity contribution in [1.82, 2.24) is 9.88 Å². The second-order valence-electron chi connectivity index (χ2n) is 7.61. The normalized spacial score (nSPS) is 17.7. The minimum atomic E-state index is -0.850. The maximum atomic E-state index is 13.1. The van der Waals surface area contributed by atoms with E-state index in [1.54, 1.807) is 67.8 Å². The average molecular weight is 432 g/mol. The van der Waals surface area contributed by atoms with Crippen molar-refractivity contribution in [2.45, 2.75) is 32.9 Å². The summed E-state index contributed by atoms with van der Waals surface area (Å²) in [5.74, 6) is -0.0784. The van der Waals surface area contributed by atoms with Gasteiger partial charge in [-0.1, -0.05) is 19.1 Å². The number of hydrogen-bond acceptors (Lipinski definition) is 6. The molecule has 0 radical (unpaired) electrons. The minimum Gasteiger partial charge on any atom is -0.507 e. The van der Waals surface area contributed by atoms with Gasteiger partial charge < -0.3 is 19.2 Å². The van der Waals surface area contributed by atoms with Crippen molar-refractivity contribution in [1.29, 1.82) is 0 Å².